The third-order valence-electron chi connectivity index (χ3n) is 4.19. The third-order valence-corrected chi connectivity index (χ3v) is 4.49. The molecule has 14 heteroatoms. The van der Waals surface area contributed by atoms with E-state index in [4.69, 9.17) is 26.2 Å². The van der Waals surface area contributed by atoms with Gasteiger partial charge < -0.3 is 14.6 Å². The van der Waals surface area contributed by atoms with Crippen LogP contribution in [0.2, 0.25) is 5.02 Å². The normalized spacial score (nSPS) is 11.3. The van der Waals surface area contributed by atoms with Gasteiger partial charge in [0.25, 0.3) is 5.56 Å². The van der Waals surface area contributed by atoms with Crippen molar-refractivity contribution in [3.8, 4) is 23.1 Å². The number of ether oxygens (including phenoxy) is 2. The van der Waals surface area contributed by atoms with Crippen molar-refractivity contribution in [3.05, 3.63) is 73.9 Å². The van der Waals surface area contributed by atoms with Crippen LogP contribution in [-0.2, 0) is 18.0 Å². The van der Waals surface area contributed by atoms with Gasteiger partial charge >= 0.3 is 23.7 Å². The highest BCUT2D eigenvalue weighted by Gasteiger charge is 2.35. The van der Waals surface area contributed by atoms with Crippen LogP contribution >= 0.6 is 11.6 Å². The Morgan fingerprint density at radius 3 is 2.55 bits per heavy atom. The van der Waals surface area contributed by atoms with Crippen LogP contribution in [0.4, 0.5) is 17.6 Å². The monoisotopic (exact) mass is 490 g/mol. The zero-order valence-electron chi connectivity index (χ0n) is 16.4. The van der Waals surface area contributed by atoms with Gasteiger partial charge in [-0.2, -0.15) is 18.2 Å². The minimum atomic E-state index is -4.99. The van der Waals surface area contributed by atoms with E-state index in [1.54, 1.807) is 0 Å². The predicted molar refractivity (Wildman–Crippen MR) is 103 cm³/mol. The summed E-state index contributed by atoms with van der Waals surface area (Å²) in [5.41, 5.74) is -5.13. The number of aromatic amines is 1. The molecule has 33 heavy (non-hydrogen) atoms. The van der Waals surface area contributed by atoms with Crippen LogP contribution in [0.1, 0.15) is 5.69 Å². The summed E-state index contributed by atoms with van der Waals surface area (Å²) in [6, 6.07) is 4.48. The first-order chi connectivity index (χ1) is 15.4. The number of alkyl halides is 3. The fourth-order valence-corrected chi connectivity index (χ4v) is 2.93. The second-order valence-corrected chi connectivity index (χ2v) is 6.83. The molecule has 0 saturated carbocycles. The number of benzene rings is 1. The van der Waals surface area contributed by atoms with Crippen LogP contribution in [0.5, 0.6) is 17.4 Å². The van der Waals surface area contributed by atoms with Crippen molar-refractivity contribution in [1.82, 2.24) is 9.13 Å². The molecular formula is C19H13ClF4N3O6+. The number of hydrogen-bond acceptors (Lipinski definition) is 5. The lowest BCUT2D eigenvalue weighted by molar-refractivity contribution is -0.395. The Hall–Kier alpha value is -3.87. The van der Waals surface area contributed by atoms with E-state index in [2.05, 4.69) is 4.98 Å². The highest BCUT2D eigenvalue weighted by molar-refractivity contribution is 6.32. The average molecular weight is 491 g/mol. The Kier molecular flexibility index (Phi) is 6.44. The summed E-state index contributed by atoms with van der Waals surface area (Å²) in [4.78, 5) is 38.1. The highest BCUT2D eigenvalue weighted by Crippen LogP contribution is 2.35. The summed E-state index contributed by atoms with van der Waals surface area (Å²) in [5, 5.41) is 8.44. The molecule has 0 amide bonds. The summed E-state index contributed by atoms with van der Waals surface area (Å²) < 4.78 is 64.7. The SMILES string of the molecule is Cn1c(C(F)(F)F)cc(=O)n(-c2cc(Oc3ccc[nH+]c3OCC(=O)O)c(Cl)cc2F)c1=O. The van der Waals surface area contributed by atoms with E-state index in [1.807, 2.05) is 0 Å². The summed E-state index contributed by atoms with van der Waals surface area (Å²) in [5.74, 6) is -3.00. The highest BCUT2D eigenvalue weighted by atomic mass is 35.5. The van der Waals surface area contributed by atoms with Crippen molar-refractivity contribution in [1.29, 1.82) is 0 Å². The van der Waals surface area contributed by atoms with Crippen molar-refractivity contribution in [2.24, 2.45) is 7.05 Å². The molecule has 0 bridgehead atoms. The number of carboxylic acid groups (broad SMARTS) is 1. The fourth-order valence-electron chi connectivity index (χ4n) is 2.74. The topological polar surface area (TPSA) is 114 Å². The van der Waals surface area contributed by atoms with Gasteiger partial charge in [-0.15, -0.1) is 0 Å². The molecule has 0 aliphatic rings. The molecule has 0 fully saturated rings. The molecule has 3 aromatic rings. The number of nitrogens with one attached hydrogen (secondary N) is 1. The molecule has 2 N–H and O–H groups in total. The Balaban J connectivity index is 2.12. The predicted octanol–water partition coefficient (Wildman–Crippen LogP) is 2.42. The first-order valence-electron chi connectivity index (χ1n) is 8.83. The molecule has 0 unspecified atom stereocenters. The minimum absolute atomic E-state index is 0.0918. The lowest BCUT2D eigenvalue weighted by Gasteiger charge is -2.15. The Bertz CT molecular complexity index is 1350. The number of halogens is 5. The van der Waals surface area contributed by atoms with Crippen molar-refractivity contribution in [3.63, 3.8) is 0 Å². The van der Waals surface area contributed by atoms with Gasteiger partial charge in [0.1, 0.15) is 17.3 Å². The van der Waals surface area contributed by atoms with Crippen LogP contribution in [0.15, 0.2) is 46.1 Å². The first kappa shape index (κ1) is 23.8. The number of carboxylic acids is 1. The molecule has 0 spiro atoms. The molecule has 1 aromatic carbocycles. The van der Waals surface area contributed by atoms with Gasteiger partial charge in [-0.1, -0.05) is 11.6 Å². The van der Waals surface area contributed by atoms with Crippen LogP contribution in [0.25, 0.3) is 5.69 Å². The number of aromatic nitrogens is 3. The number of hydrogen-bond donors (Lipinski definition) is 1. The lowest BCUT2D eigenvalue weighted by atomic mass is 10.2. The molecule has 2 aromatic heterocycles. The standard InChI is InChI=1S/C19H12ClF4N3O6/c1-26-14(19(22,23)24)7-15(28)27(18(26)31)11-6-13(9(20)5-10(11)21)33-12-3-2-4-25-17(12)32-8-16(29)30/h2-7H,8H2,1H3,(H,29,30)/p+1. The maximum Gasteiger partial charge on any atom is 0.431 e. The molecule has 9 nitrogen and oxygen atoms in total. The summed E-state index contributed by atoms with van der Waals surface area (Å²) in [6.45, 7) is -0.726. The Morgan fingerprint density at radius 2 is 1.91 bits per heavy atom. The lowest BCUT2D eigenvalue weighted by Crippen LogP contribution is -2.41. The van der Waals surface area contributed by atoms with E-state index >= 15 is 0 Å². The van der Waals surface area contributed by atoms with Crippen molar-refractivity contribution in [2.75, 3.05) is 6.61 Å². The fraction of sp³-hybridized carbons (Fsp3) is 0.158. The number of aliphatic carboxylic acids is 1. The van der Waals surface area contributed by atoms with E-state index in [-0.39, 0.29) is 37.6 Å². The van der Waals surface area contributed by atoms with Gasteiger partial charge in [0.05, 0.1) is 10.7 Å². The number of H-pyrrole nitrogens is 1. The van der Waals surface area contributed by atoms with Crippen LogP contribution in [0.3, 0.4) is 0 Å². The van der Waals surface area contributed by atoms with E-state index < -0.39 is 47.2 Å². The van der Waals surface area contributed by atoms with Crippen LogP contribution in [-0.4, -0.2) is 26.8 Å². The molecule has 0 aliphatic heterocycles. The van der Waals surface area contributed by atoms with Gasteiger partial charge in [-0.25, -0.2) is 18.5 Å². The zero-order valence-corrected chi connectivity index (χ0v) is 17.2. The average Bonchev–Trinajstić information content (AvgIpc) is 2.72. The molecule has 3 rings (SSSR count). The van der Waals surface area contributed by atoms with Crippen LogP contribution in [0, 0.1) is 5.82 Å². The second-order valence-electron chi connectivity index (χ2n) is 6.42. The Labute approximate surface area is 186 Å². The van der Waals surface area contributed by atoms with Gasteiger partial charge in [0, 0.05) is 25.2 Å². The number of carbonyl (C=O) groups is 1. The summed E-state index contributed by atoms with van der Waals surface area (Å²) >= 11 is 5.99. The minimum Gasteiger partial charge on any atom is -0.479 e. The smallest absolute Gasteiger partial charge is 0.431 e. The maximum absolute atomic E-state index is 14.6. The molecular weight excluding hydrogens is 478 g/mol. The summed E-state index contributed by atoms with van der Waals surface area (Å²) in [6.07, 6.45) is -3.59. The Morgan fingerprint density at radius 1 is 1.21 bits per heavy atom. The van der Waals surface area contributed by atoms with Gasteiger partial charge in [0.15, 0.2) is 12.8 Å². The molecule has 2 heterocycles. The maximum atomic E-state index is 14.6. The van der Waals surface area contributed by atoms with Crippen molar-refractivity contribution < 1.29 is 41.9 Å². The first-order valence-corrected chi connectivity index (χ1v) is 9.20. The van der Waals surface area contributed by atoms with Crippen LogP contribution < -0.4 is 25.7 Å². The van der Waals surface area contributed by atoms with E-state index in [1.165, 1.54) is 18.3 Å². The third kappa shape index (κ3) is 4.98. The molecule has 174 valence electrons. The van der Waals surface area contributed by atoms with Crippen molar-refractivity contribution >= 4 is 17.6 Å². The van der Waals surface area contributed by atoms with E-state index in [9.17, 15) is 31.9 Å². The zero-order chi connectivity index (χ0) is 24.5. The number of nitrogens with zero attached hydrogens (tertiary/aromatic N) is 2. The second kappa shape index (κ2) is 8.94. The molecule has 0 radical (unpaired) electrons. The summed E-state index contributed by atoms with van der Waals surface area (Å²) in [7, 11) is 0.776. The molecule has 0 atom stereocenters. The molecule has 0 saturated heterocycles. The van der Waals surface area contributed by atoms with E-state index in [0.717, 1.165) is 13.1 Å². The quantitative estimate of drug-likeness (QED) is 0.531. The van der Waals surface area contributed by atoms with Gasteiger partial charge in [-0.05, 0) is 12.1 Å². The number of pyridine rings is 1. The number of rotatable bonds is 6. The molecule has 0 aliphatic carbocycles. The van der Waals surface area contributed by atoms with Gasteiger partial charge in [0.2, 0.25) is 5.75 Å². The van der Waals surface area contributed by atoms with E-state index in [0.29, 0.717) is 6.07 Å². The van der Waals surface area contributed by atoms with Gasteiger partial charge in [-0.3, -0.25) is 9.36 Å². The van der Waals surface area contributed by atoms with Crippen molar-refractivity contribution in [2.45, 2.75) is 6.18 Å². The largest absolute Gasteiger partial charge is 0.479 e.